The maximum absolute atomic E-state index is 0. The first kappa shape index (κ1) is 87.7. The number of hydrogen-bond donors (Lipinski definition) is 0. The zero-order valence-electron chi connectivity index (χ0n) is 1.69. The zero-order valence-corrected chi connectivity index (χ0v) is 3.86. The normalized spacial score (nSPS) is 0. The summed E-state index contributed by atoms with van der Waals surface area (Å²) in [5, 5.41) is 0. The van der Waals surface area contributed by atoms with E-state index in [2.05, 4.69) is 0 Å². The first-order chi connectivity index (χ1) is 0. The van der Waals surface area contributed by atoms with Gasteiger partial charge in [0, 0.05) is 33.6 Å². The fourth-order valence-electron chi connectivity index (χ4n) is 0. The molecule has 2 nitrogen and oxygen atoms in total. The van der Waals surface area contributed by atoms with Gasteiger partial charge < -0.3 is 11.0 Å². The molecule has 0 saturated carbocycles. The van der Waals surface area contributed by atoms with Gasteiger partial charge in [0.2, 0.25) is 0 Å². The molecule has 0 aromatic rings. The smallest absolute Gasteiger partial charge is 0 e. The van der Waals surface area contributed by atoms with Crippen LogP contribution in [0.25, 0.3) is 0 Å². The van der Waals surface area contributed by atoms with Crippen LogP contribution in [0.3, 0.4) is 0 Å². The van der Waals surface area contributed by atoms with Crippen LogP contribution in [0.2, 0.25) is 0 Å². The van der Waals surface area contributed by atoms with E-state index in [0.717, 1.165) is 0 Å². The minimum atomic E-state index is 0. The molecule has 0 aliphatic heterocycles. The van der Waals surface area contributed by atoms with E-state index >= 15 is 0 Å². The Morgan fingerprint density at radius 3 is 0.750 bits per heavy atom. The summed E-state index contributed by atoms with van der Waals surface area (Å²) in [5.41, 5.74) is 0. The Morgan fingerprint density at radius 1 is 0.750 bits per heavy atom. The summed E-state index contributed by atoms with van der Waals surface area (Å²) in [7, 11) is 0. The van der Waals surface area contributed by atoms with Crippen LogP contribution in [-0.4, -0.2) is 11.0 Å². The molecule has 0 rings (SSSR count). The molecule has 0 unspecified atom stereocenters. The molecule has 0 bridgehead atoms. The average Bonchev–Trinajstić information content (AvgIpc) is 0. The molecule has 0 fully saturated rings. The molecular formula is H4MnNiO2. The molecule has 0 heterocycles. The van der Waals surface area contributed by atoms with Crippen LogP contribution >= 0.6 is 0 Å². The Bertz CT molecular complexity index is 6.00. The van der Waals surface area contributed by atoms with Crippen molar-refractivity contribution in [1.82, 2.24) is 0 Å². The summed E-state index contributed by atoms with van der Waals surface area (Å²) < 4.78 is 0. The van der Waals surface area contributed by atoms with Gasteiger partial charge in [-0.1, -0.05) is 0 Å². The van der Waals surface area contributed by atoms with Crippen LogP contribution in [0, 0.1) is 0 Å². The third-order valence-electron chi connectivity index (χ3n) is 0. The van der Waals surface area contributed by atoms with Crippen molar-refractivity contribution >= 4 is 0 Å². The first-order valence-corrected chi connectivity index (χ1v) is 0. The van der Waals surface area contributed by atoms with Gasteiger partial charge in [-0.2, -0.15) is 0 Å². The van der Waals surface area contributed by atoms with Gasteiger partial charge in [0.05, 0.1) is 0 Å². The molecule has 4 heteroatoms. The molecular weight excluding hydrogens is 146 g/mol. The number of hydrogen-bond acceptors (Lipinski definition) is 0. The maximum atomic E-state index is 0. The quantitative estimate of drug-likeness (QED) is 0.371. The average molecular weight is 150 g/mol. The van der Waals surface area contributed by atoms with Gasteiger partial charge in [-0.15, -0.1) is 0 Å². The monoisotopic (exact) mass is 149 g/mol. The van der Waals surface area contributed by atoms with Gasteiger partial charge >= 0.3 is 0 Å². The SMILES string of the molecule is O.O.[Mn].[Ni]. The first-order valence-electron chi connectivity index (χ1n) is 0. The summed E-state index contributed by atoms with van der Waals surface area (Å²) in [6.45, 7) is 0. The summed E-state index contributed by atoms with van der Waals surface area (Å²) in [6, 6.07) is 0. The molecule has 0 atom stereocenters. The number of rotatable bonds is 0. The Kier molecular flexibility index (Phi) is 852. The van der Waals surface area contributed by atoms with Crippen molar-refractivity contribution in [2.24, 2.45) is 0 Å². The Hall–Kier alpha value is 0.933. The van der Waals surface area contributed by atoms with Crippen LogP contribution in [0.5, 0.6) is 0 Å². The van der Waals surface area contributed by atoms with Crippen molar-refractivity contribution < 1.29 is 44.5 Å². The Balaban J connectivity index is 0. The van der Waals surface area contributed by atoms with Gasteiger partial charge in [-0.25, -0.2) is 0 Å². The van der Waals surface area contributed by atoms with Crippen LogP contribution in [0.4, 0.5) is 0 Å². The van der Waals surface area contributed by atoms with Crippen molar-refractivity contribution in [3.05, 3.63) is 0 Å². The van der Waals surface area contributed by atoms with Crippen LogP contribution < -0.4 is 0 Å². The van der Waals surface area contributed by atoms with Gasteiger partial charge in [0.25, 0.3) is 0 Å². The molecule has 0 aliphatic rings. The second-order valence-corrected chi connectivity index (χ2v) is 0. The molecule has 4 heavy (non-hydrogen) atoms. The molecule has 1 radical (unpaired) electrons. The summed E-state index contributed by atoms with van der Waals surface area (Å²) >= 11 is 0. The van der Waals surface area contributed by atoms with Crippen LogP contribution in [0.1, 0.15) is 0 Å². The third kappa shape index (κ3) is 12.6. The molecule has 0 saturated heterocycles. The van der Waals surface area contributed by atoms with Crippen LogP contribution in [0.15, 0.2) is 0 Å². The molecule has 0 amide bonds. The molecule has 0 aromatic heterocycles. The van der Waals surface area contributed by atoms with E-state index in [9.17, 15) is 0 Å². The van der Waals surface area contributed by atoms with E-state index in [1.54, 1.807) is 0 Å². The predicted octanol–water partition coefficient (Wildman–Crippen LogP) is -1.65. The Morgan fingerprint density at radius 2 is 0.750 bits per heavy atom. The topological polar surface area (TPSA) is 63.0 Å². The van der Waals surface area contributed by atoms with E-state index in [1.807, 2.05) is 0 Å². The van der Waals surface area contributed by atoms with Crippen molar-refractivity contribution in [3.63, 3.8) is 0 Å². The van der Waals surface area contributed by atoms with E-state index in [4.69, 9.17) is 0 Å². The molecule has 0 aromatic carbocycles. The van der Waals surface area contributed by atoms with E-state index in [1.165, 1.54) is 0 Å². The predicted molar refractivity (Wildman–Crippen MR) is 7.23 cm³/mol. The minimum absolute atomic E-state index is 0. The van der Waals surface area contributed by atoms with Crippen LogP contribution in [-0.2, 0) is 33.6 Å². The largest absolute Gasteiger partial charge is 0.412 e. The zero-order chi connectivity index (χ0) is 0. The second-order valence-electron chi connectivity index (χ2n) is 0. The molecule has 33 valence electrons. The van der Waals surface area contributed by atoms with E-state index in [-0.39, 0.29) is 44.5 Å². The van der Waals surface area contributed by atoms with E-state index in [0.29, 0.717) is 0 Å². The molecule has 4 N–H and O–H groups in total. The fraction of sp³-hybridized carbons (Fsp3) is 0. The Labute approximate surface area is 45.0 Å². The minimum Gasteiger partial charge on any atom is -0.412 e. The van der Waals surface area contributed by atoms with Gasteiger partial charge in [-0.05, 0) is 0 Å². The van der Waals surface area contributed by atoms with Gasteiger partial charge in [0.1, 0.15) is 0 Å². The summed E-state index contributed by atoms with van der Waals surface area (Å²) in [4.78, 5) is 0. The second kappa shape index (κ2) is 38.9. The summed E-state index contributed by atoms with van der Waals surface area (Å²) in [5.74, 6) is 0. The fourth-order valence-corrected chi connectivity index (χ4v) is 0. The van der Waals surface area contributed by atoms with Crippen molar-refractivity contribution in [1.29, 1.82) is 0 Å². The standard InChI is InChI=1S/Mn.Ni.2H2O/h;;2*1H2. The van der Waals surface area contributed by atoms with E-state index < -0.39 is 0 Å². The van der Waals surface area contributed by atoms with Crippen molar-refractivity contribution in [2.45, 2.75) is 0 Å². The third-order valence-corrected chi connectivity index (χ3v) is 0. The van der Waals surface area contributed by atoms with Gasteiger partial charge in [-0.3, -0.25) is 0 Å². The maximum Gasteiger partial charge on any atom is 0 e. The molecule has 0 spiro atoms. The van der Waals surface area contributed by atoms with Crippen molar-refractivity contribution in [3.8, 4) is 0 Å². The molecule has 0 aliphatic carbocycles. The summed E-state index contributed by atoms with van der Waals surface area (Å²) in [6.07, 6.45) is 0. The van der Waals surface area contributed by atoms with Crippen molar-refractivity contribution in [2.75, 3.05) is 0 Å². The van der Waals surface area contributed by atoms with Gasteiger partial charge in [0.15, 0.2) is 0 Å².